The van der Waals surface area contributed by atoms with Crippen LogP contribution in [-0.4, -0.2) is 32.7 Å². The van der Waals surface area contributed by atoms with E-state index < -0.39 is 26.9 Å². The lowest BCUT2D eigenvalue weighted by Gasteiger charge is -2.23. The van der Waals surface area contributed by atoms with E-state index in [1.54, 1.807) is 0 Å². The van der Waals surface area contributed by atoms with Crippen LogP contribution in [0, 0.1) is 11.2 Å². The van der Waals surface area contributed by atoms with Crippen molar-refractivity contribution >= 4 is 21.5 Å². The van der Waals surface area contributed by atoms with Gasteiger partial charge in [-0.15, -0.1) is 0 Å². The molecule has 0 bridgehead atoms. The molecular formula is C12H16FN3O3S. The van der Waals surface area contributed by atoms with E-state index in [4.69, 9.17) is 15.9 Å². The number of anilines is 1. The molecule has 0 aliphatic carbocycles. The van der Waals surface area contributed by atoms with Crippen molar-refractivity contribution in [3.05, 3.63) is 29.6 Å². The van der Waals surface area contributed by atoms with Crippen molar-refractivity contribution in [2.75, 3.05) is 17.9 Å². The monoisotopic (exact) mass is 301 g/mol. The molecule has 0 atom stereocenters. The van der Waals surface area contributed by atoms with Crippen LogP contribution in [-0.2, 0) is 14.8 Å². The Morgan fingerprint density at radius 2 is 2.05 bits per heavy atom. The second-order valence-corrected chi connectivity index (χ2v) is 6.52. The molecule has 8 heteroatoms. The molecule has 110 valence electrons. The Labute approximate surface area is 116 Å². The van der Waals surface area contributed by atoms with Crippen molar-refractivity contribution in [3.8, 4) is 0 Å². The van der Waals surface area contributed by atoms with Gasteiger partial charge in [0.15, 0.2) is 0 Å². The second kappa shape index (κ2) is 5.76. The summed E-state index contributed by atoms with van der Waals surface area (Å²) in [7, 11) is -3.61. The first-order chi connectivity index (χ1) is 9.40. The van der Waals surface area contributed by atoms with Gasteiger partial charge in [-0.1, -0.05) is 0 Å². The molecule has 0 radical (unpaired) electrons. The molecule has 1 saturated heterocycles. The van der Waals surface area contributed by atoms with Gasteiger partial charge in [0.05, 0.1) is 10.9 Å². The number of nitrogen functional groups attached to an aromatic ring is 1. The summed E-state index contributed by atoms with van der Waals surface area (Å²) >= 11 is 0. The lowest BCUT2D eigenvalue weighted by molar-refractivity contribution is 0.0984. The number of nitrogens with one attached hydrogen (secondary N) is 2. The van der Waals surface area contributed by atoms with Gasteiger partial charge in [0, 0.05) is 18.8 Å². The van der Waals surface area contributed by atoms with E-state index in [2.05, 4.69) is 4.72 Å². The number of sulfonamides is 1. The first-order valence-corrected chi connectivity index (χ1v) is 7.68. The number of rotatable bonds is 4. The maximum Gasteiger partial charge on any atom is 0.235 e. The Morgan fingerprint density at radius 3 is 2.65 bits per heavy atom. The van der Waals surface area contributed by atoms with Gasteiger partial charge in [-0.25, -0.2) is 12.8 Å². The van der Waals surface area contributed by atoms with Gasteiger partial charge in [-0.2, -0.15) is 0 Å². The average Bonchev–Trinajstić information content (AvgIpc) is 2.41. The van der Waals surface area contributed by atoms with E-state index >= 15 is 0 Å². The zero-order valence-corrected chi connectivity index (χ0v) is 11.5. The number of hydrogen-bond acceptors (Lipinski definition) is 4. The van der Waals surface area contributed by atoms with Gasteiger partial charge in [0.25, 0.3) is 0 Å². The van der Waals surface area contributed by atoms with Crippen LogP contribution in [0.25, 0.3) is 0 Å². The highest BCUT2D eigenvalue weighted by molar-refractivity contribution is 7.93. The van der Waals surface area contributed by atoms with E-state index in [1.807, 2.05) is 0 Å². The van der Waals surface area contributed by atoms with Crippen molar-refractivity contribution in [1.29, 1.82) is 5.41 Å². The van der Waals surface area contributed by atoms with Crippen LogP contribution in [0.5, 0.6) is 0 Å². The minimum absolute atomic E-state index is 0.0284. The molecule has 1 aromatic carbocycles. The molecule has 6 nitrogen and oxygen atoms in total. The molecular weight excluding hydrogens is 285 g/mol. The summed E-state index contributed by atoms with van der Waals surface area (Å²) in [4.78, 5) is 0. The maximum absolute atomic E-state index is 13.1. The van der Waals surface area contributed by atoms with Gasteiger partial charge in [-0.05, 0) is 31.0 Å². The Morgan fingerprint density at radius 1 is 1.40 bits per heavy atom. The first-order valence-electron chi connectivity index (χ1n) is 6.13. The number of amidine groups is 1. The molecule has 0 unspecified atom stereocenters. The third-order valence-electron chi connectivity index (χ3n) is 3.13. The minimum Gasteiger partial charge on any atom is -0.384 e. The Bertz CT molecular complexity index is 612. The third kappa shape index (κ3) is 3.26. The van der Waals surface area contributed by atoms with E-state index in [0.717, 1.165) is 12.1 Å². The largest absolute Gasteiger partial charge is 0.384 e. The fourth-order valence-corrected chi connectivity index (χ4v) is 3.52. The highest BCUT2D eigenvalue weighted by Gasteiger charge is 2.28. The van der Waals surface area contributed by atoms with Crippen molar-refractivity contribution in [2.45, 2.75) is 18.1 Å². The molecule has 1 fully saturated rings. The van der Waals surface area contributed by atoms with Crippen molar-refractivity contribution < 1.29 is 17.5 Å². The Balaban J connectivity index is 2.27. The Kier molecular flexibility index (Phi) is 4.24. The number of nitrogens with two attached hydrogens (primary N) is 1. The highest BCUT2D eigenvalue weighted by Crippen LogP contribution is 2.22. The summed E-state index contributed by atoms with van der Waals surface area (Å²) in [6.07, 6.45) is 0.817. The molecule has 1 heterocycles. The number of benzene rings is 1. The fourth-order valence-electron chi connectivity index (χ4n) is 2.05. The normalized spacial score (nSPS) is 16.9. The molecule has 0 saturated carbocycles. The van der Waals surface area contributed by atoms with Crippen LogP contribution in [0.1, 0.15) is 18.4 Å². The molecule has 0 aromatic heterocycles. The van der Waals surface area contributed by atoms with Crippen LogP contribution in [0.15, 0.2) is 18.2 Å². The van der Waals surface area contributed by atoms with Crippen molar-refractivity contribution in [1.82, 2.24) is 0 Å². The fraction of sp³-hybridized carbons (Fsp3) is 0.417. The second-order valence-electron chi connectivity index (χ2n) is 4.56. The summed E-state index contributed by atoms with van der Waals surface area (Å²) in [5.41, 5.74) is 5.49. The van der Waals surface area contributed by atoms with E-state index in [1.165, 1.54) is 6.07 Å². The number of halogens is 1. The summed E-state index contributed by atoms with van der Waals surface area (Å²) in [5, 5.41) is 6.83. The minimum atomic E-state index is -3.61. The first kappa shape index (κ1) is 14.7. The van der Waals surface area contributed by atoms with Crippen LogP contribution in [0.3, 0.4) is 0 Å². The summed E-state index contributed by atoms with van der Waals surface area (Å²) in [5.74, 6) is -0.974. The van der Waals surface area contributed by atoms with Gasteiger partial charge in [0.1, 0.15) is 11.7 Å². The molecule has 1 aromatic rings. The number of hydrogen-bond donors (Lipinski definition) is 3. The van der Waals surface area contributed by atoms with Crippen molar-refractivity contribution in [3.63, 3.8) is 0 Å². The zero-order valence-electron chi connectivity index (χ0n) is 10.7. The lowest BCUT2D eigenvalue weighted by atomic mass is 10.1. The predicted molar refractivity (Wildman–Crippen MR) is 73.8 cm³/mol. The van der Waals surface area contributed by atoms with Gasteiger partial charge < -0.3 is 10.5 Å². The van der Waals surface area contributed by atoms with Gasteiger partial charge in [-0.3, -0.25) is 10.1 Å². The van der Waals surface area contributed by atoms with Crippen LogP contribution in [0.4, 0.5) is 10.1 Å². The molecule has 2 rings (SSSR count). The topological polar surface area (TPSA) is 105 Å². The smallest absolute Gasteiger partial charge is 0.235 e. The quantitative estimate of drug-likeness (QED) is 0.570. The van der Waals surface area contributed by atoms with E-state index in [9.17, 15) is 12.8 Å². The molecule has 1 aliphatic rings. The van der Waals surface area contributed by atoms with Crippen molar-refractivity contribution in [2.24, 2.45) is 5.73 Å². The molecule has 4 N–H and O–H groups in total. The zero-order chi connectivity index (χ0) is 14.8. The molecule has 0 amide bonds. The SMILES string of the molecule is N=C(N)c1cc(F)ccc1NS(=O)(=O)C1CCOCC1. The molecule has 20 heavy (non-hydrogen) atoms. The average molecular weight is 301 g/mol. The molecule has 0 spiro atoms. The van der Waals surface area contributed by atoms with Gasteiger partial charge in [0.2, 0.25) is 10.0 Å². The third-order valence-corrected chi connectivity index (χ3v) is 4.98. The van der Waals surface area contributed by atoms with Crippen LogP contribution < -0.4 is 10.5 Å². The van der Waals surface area contributed by atoms with E-state index in [-0.39, 0.29) is 11.3 Å². The number of ether oxygens (including phenoxy) is 1. The molecule has 1 aliphatic heterocycles. The van der Waals surface area contributed by atoms with Crippen LogP contribution in [0.2, 0.25) is 0 Å². The summed E-state index contributed by atoms with van der Waals surface area (Å²) in [6.45, 7) is 0.795. The standard InChI is InChI=1S/C12H16FN3O3S/c13-8-1-2-11(10(7-8)12(14)15)16-20(17,18)9-3-5-19-6-4-9/h1-2,7,9,16H,3-6H2,(H3,14,15). The predicted octanol–water partition coefficient (Wildman–Crippen LogP) is 1.03. The highest BCUT2D eigenvalue weighted by atomic mass is 32.2. The maximum atomic E-state index is 13.1. The summed E-state index contributed by atoms with van der Waals surface area (Å²) in [6, 6.07) is 3.42. The Hall–Kier alpha value is -1.67. The van der Waals surface area contributed by atoms with Crippen LogP contribution >= 0.6 is 0 Å². The van der Waals surface area contributed by atoms with E-state index in [0.29, 0.717) is 26.1 Å². The summed E-state index contributed by atoms with van der Waals surface area (Å²) < 4.78 is 45.2. The van der Waals surface area contributed by atoms with Gasteiger partial charge >= 0.3 is 0 Å². The lowest BCUT2D eigenvalue weighted by Crippen LogP contribution is -2.33.